The van der Waals surface area contributed by atoms with Crippen LogP contribution in [0.2, 0.25) is 5.02 Å². The van der Waals surface area contributed by atoms with Gasteiger partial charge in [0.15, 0.2) is 0 Å². The molecule has 1 heterocycles. The summed E-state index contributed by atoms with van der Waals surface area (Å²) in [6.07, 6.45) is 0.0819. The van der Waals surface area contributed by atoms with Gasteiger partial charge in [0.2, 0.25) is 0 Å². The van der Waals surface area contributed by atoms with Crippen LogP contribution in [0.1, 0.15) is 0 Å². The van der Waals surface area contributed by atoms with Crippen LogP contribution in [0.5, 0.6) is 5.75 Å². The van der Waals surface area contributed by atoms with Gasteiger partial charge in [-0.25, -0.2) is 4.79 Å². The molecule has 86 valence electrons. The van der Waals surface area contributed by atoms with Crippen LogP contribution in [0.3, 0.4) is 0 Å². The lowest BCUT2D eigenvalue weighted by Crippen LogP contribution is -2.58. The average molecular weight is 241 g/mol. The lowest BCUT2D eigenvalue weighted by atomic mass is 10.2. The molecule has 1 saturated heterocycles. The van der Waals surface area contributed by atoms with Gasteiger partial charge in [0.1, 0.15) is 11.9 Å². The van der Waals surface area contributed by atoms with E-state index in [0.29, 0.717) is 18.1 Å². The highest BCUT2D eigenvalue weighted by Crippen LogP contribution is 2.20. The number of hydrogen-bond acceptors (Lipinski definition) is 2. The molecule has 1 aromatic rings. The van der Waals surface area contributed by atoms with E-state index in [1.54, 1.807) is 24.1 Å². The van der Waals surface area contributed by atoms with Crippen LogP contribution >= 0.6 is 11.6 Å². The highest BCUT2D eigenvalue weighted by Gasteiger charge is 2.31. The van der Waals surface area contributed by atoms with Crippen molar-refractivity contribution < 1.29 is 9.53 Å². The summed E-state index contributed by atoms with van der Waals surface area (Å²) in [5.41, 5.74) is 0. The standard InChI is InChI=1S/C11H13ClN2O2/c1-13-11(15)14-6-10(7-14)16-9-4-2-8(12)3-5-9/h2-5,10H,6-7H2,1H3,(H,13,15). The highest BCUT2D eigenvalue weighted by molar-refractivity contribution is 6.30. The van der Waals surface area contributed by atoms with Gasteiger partial charge in [0, 0.05) is 12.1 Å². The molecule has 0 saturated carbocycles. The summed E-state index contributed by atoms with van der Waals surface area (Å²) in [7, 11) is 1.62. The van der Waals surface area contributed by atoms with Crippen molar-refractivity contribution in [3.63, 3.8) is 0 Å². The van der Waals surface area contributed by atoms with E-state index in [2.05, 4.69) is 5.32 Å². The number of benzene rings is 1. The number of likely N-dealkylation sites (tertiary alicyclic amines) is 1. The molecule has 2 amide bonds. The minimum atomic E-state index is -0.0593. The van der Waals surface area contributed by atoms with Crippen molar-refractivity contribution >= 4 is 17.6 Å². The molecular formula is C11H13ClN2O2. The fourth-order valence-corrected chi connectivity index (χ4v) is 1.67. The molecule has 1 aromatic carbocycles. The van der Waals surface area contributed by atoms with E-state index in [-0.39, 0.29) is 12.1 Å². The van der Waals surface area contributed by atoms with E-state index in [1.807, 2.05) is 12.1 Å². The van der Waals surface area contributed by atoms with E-state index in [0.717, 1.165) is 5.75 Å². The van der Waals surface area contributed by atoms with Gasteiger partial charge in [-0.2, -0.15) is 0 Å². The fraction of sp³-hybridized carbons (Fsp3) is 0.364. The van der Waals surface area contributed by atoms with Gasteiger partial charge in [0.25, 0.3) is 0 Å². The normalized spacial score (nSPS) is 15.5. The van der Waals surface area contributed by atoms with Gasteiger partial charge in [-0.3, -0.25) is 0 Å². The van der Waals surface area contributed by atoms with E-state index in [1.165, 1.54) is 0 Å². The monoisotopic (exact) mass is 240 g/mol. The first-order valence-electron chi connectivity index (χ1n) is 5.08. The van der Waals surface area contributed by atoms with Gasteiger partial charge >= 0.3 is 6.03 Å². The maximum Gasteiger partial charge on any atom is 0.317 e. The Kier molecular flexibility index (Phi) is 3.19. The Morgan fingerprint density at radius 3 is 2.62 bits per heavy atom. The second kappa shape index (κ2) is 4.61. The Bertz CT molecular complexity index is 374. The third-order valence-electron chi connectivity index (χ3n) is 2.47. The van der Waals surface area contributed by atoms with E-state index in [4.69, 9.17) is 16.3 Å². The molecule has 1 N–H and O–H groups in total. The number of rotatable bonds is 2. The Balaban J connectivity index is 1.81. The zero-order valence-electron chi connectivity index (χ0n) is 8.94. The van der Waals surface area contributed by atoms with E-state index in [9.17, 15) is 4.79 Å². The molecular weight excluding hydrogens is 228 g/mol. The molecule has 1 aliphatic rings. The molecule has 0 bridgehead atoms. The summed E-state index contributed by atoms with van der Waals surface area (Å²) in [5, 5.41) is 3.26. The first-order chi connectivity index (χ1) is 7.69. The van der Waals surface area contributed by atoms with Gasteiger partial charge in [0.05, 0.1) is 13.1 Å². The summed E-state index contributed by atoms with van der Waals surface area (Å²) in [5.74, 6) is 0.783. The third kappa shape index (κ3) is 2.39. The van der Waals surface area contributed by atoms with Crippen molar-refractivity contribution in [2.75, 3.05) is 20.1 Å². The Morgan fingerprint density at radius 1 is 1.44 bits per heavy atom. The predicted molar refractivity (Wildman–Crippen MR) is 61.9 cm³/mol. The van der Waals surface area contributed by atoms with E-state index >= 15 is 0 Å². The molecule has 0 aromatic heterocycles. The number of amides is 2. The van der Waals surface area contributed by atoms with Crippen LogP contribution in [-0.4, -0.2) is 37.2 Å². The third-order valence-corrected chi connectivity index (χ3v) is 2.72. The van der Waals surface area contributed by atoms with Gasteiger partial charge in [-0.05, 0) is 24.3 Å². The second-order valence-electron chi connectivity index (χ2n) is 3.65. The van der Waals surface area contributed by atoms with Crippen LogP contribution in [0.15, 0.2) is 24.3 Å². The van der Waals surface area contributed by atoms with Crippen molar-refractivity contribution in [2.24, 2.45) is 0 Å². The molecule has 0 spiro atoms. The fourth-order valence-electron chi connectivity index (χ4n) is 1.54. The SMILES string of the molecule is CNC(=O)N1CC(Oc2ccc(Cl)cc2)C1. The number of ether oxygens (including phenoxy) is 1. The van der Waals surface area contributed by atoms with Crippen LogP contribution in [0.4, 0.5) is 4.79 Å². The summed E-state index contributed by atoms with van der Waals surface area (Å²) in [6.45, 7) is 1.25. The number of halogens is 1. The molecule has 0 aliphatic carbocycles. The number of carbonyl (C=O) groups is 1. The van der Waals surface area contributed by atoms with Crippen molar-refractivity contribution in [1.82, 2.24) is 10.2 Å². The lowest BCUT2D eigenvalue weighted by Gasteiger charge is -2.38. The van der Waals surface area contributed by atoms with Crippen molar-refractivity contribution in [2.45, 2.75) is 6.10 Å². The largest absolute Gasteiger partial charge is 0.487 e. The molecule has 16 heavy (non-hydrogen) atoms. The molecule has 1 aliphatic heterocycles. The topological polar surface area (TPSA) is 41.6 Å². The summed E-state index contributed by atoms with van der Waals surface area (Å²) < 4.78 is 5.65. The molecule has 4 nitrogen and oxygen atoms in total. The number of nitrogens with one attached hydrogen (secondary N) is 1. The van der Waals surface area contributed by atoms with Crippen LogP contribution < -0.4 is 10.1 Å². The second-order valence-corrected chi connectivity index (χ2v) is 4.09. The predicted octanol–water partition coefficient (Wildman–Crippen LogP) is 1.74. The van der Waals surface area contributed by atoms with Crippen molar-refractivity contribution in [3.05, 3.63) is 29.3 Å². The van der Waals surface area contributed by atoms with Crippen LogP contribution in [-0.2, 0) is 0 Å². The lowest BCUT2D eigenvalue weighted by molar-refractivity contribution is 0.0451. The maximum atomic E-state index is 11.2. The first-order valence-corrected chi connectivity index (χ1v) is 5.45. The zero-order valence-corrected chi connectivity index (χ0v) is 9.70. The quantitative estimate of drug-likeness (QED) is 0.856. The molecule has 0 atom stereocenters. The van der Waals surface area contributed by atoms with Gasteiger partial charge in [-0.15, -0.1) is 0 Å². The minimum absolute atomic E-state index is 0.0593. The molecule has 0 radical (unpaired) electrons. The first kappa shape index (κ1) is 11.1. The number of nitrogens with zero attached hydrogens (tertiary/aromatic N) is 1. The van der Waals surface area contributed by atoms with E-state index < -0.39 is 0 Å². The summed E-state index contributed by atoms with van der Waals surface area (Å²) >= 11 is 5.76. The van der Waals surface area contributed by atoms with Gasteiger partial charge < -0.3 is 15.0 Å². The summed E-state index contributed by atoms with van der Waals surface area (Å²) in [6, 6.07) is 7.16. The van der Waals surface area contributed by atoms with Crippen LogP contribution in [0, 0.1) is 0 Å². The minimum Gasteiger partial charge on any atom is -0.487 e. The van der Waals surface area contributed by atoms with Crippen LogP contribution in [0.25, 0.3) is 0 Å². The zero-order chi connectivity index (χ0) is 11.5. The number of urea groups is 1. The summed E-state index contributed by atoms with van der Waals surface area (Å²) in [4.78, 5) is 12.9. The van der Waals surface area contributed by atoms with Crippen molar-refractivity contribution in [1.29, 1.82) is 0 Å². The molecule has 5 heteroatoms. The average Bonchev–Trinajstić information content (AvgIpc) is 2.24. The maximum absolute atomic E-state index is 11.2. The molecule has 0 unspecified atom stereocenters. The highest BCUT2D eigenvalue weighted by atomic mass is 35.5. The number of carbonyl (C=O) groups excluding carboxylic acids is 1. The van der Waals surface area contributed by atoms with Gasteiger partial charge in [-0.1, -0.05) is 11.6 Å². The Hall–Kier alpha value is -1.42. The Morgan fingerprint density at radius 2 is 2.06 bits per heavy atom. The molecule has 1 fully saturated rings. The van der Waals surface area contributed by atoms with Crippen molar-refractivity contribution in [3.8, 4) is 5.75 Å². The Labute approximate surface area is 99.1 Å². The number of hydrogen-bond donors (Lipinski definition) is 1. The smallest absolute Gasteiger partial charge is 0.317 e. The molecule has 2 rings (SSSR count).